The molecule has 0 saturated carbocycles. The number of aryl methyl sites for hydroxylation is 2. The lowest BCUT2D eigenvalue weighted by atomic mass is 10.2. The highest BCUT2D eigenvalue weighted by Gasteiger charge is 2.02. The number of aromatic nitrogens is 1. The Balaban J connectivity index is 3.29. The first kappa shape index (κ1) is 9.68. The zero-order valence-corrected chi connectivity index (χ0v) is 8.58. The van der Waals surface area contributed by atoms with E-state index in [1.54, 1.807) is 11.6 Å². The molecule has 66 valence electrons. The topological polar surface area (TPSA) is 22.0 Å². The third-order valence-corrected chi connectivity index (χ3v) is 2.66. The monoisotopic (exact) mass is 203 g/mol. The SMILES string of the molecule is CCc1cc(SCl)c(=O)n(C)c1. The largest absolute Gasteiger partial charge is 0.317 e. The van der Waals surface area contributed by atoms with Gasteiger partial charge in [0.15, 0.2) is 0 Å². The second-order valence-corrected chi connectivity index (χ2v) is 3.62. The summed E-state index contributed by atoms with van der Waals surface area (Å²) < 4.78 is 1.56. The Bertz CT molecular complexity index is 334. The van der Waals surface area contributed by atoms with Gasteiger partial charge in [-0.3, -0.25) is 4.79 Å². The van der Waals surface area contributed by atoms with Crippen molar-refractivity contribution in [1.82, 2.24) is 4.57 Å². The number of hydrogen-bond acceptors (Lipinski definition) is 2. The molecule has 0 N–H and O–H groups in total. The van der Waals surface area contributed by atoms with Crippen molar-refractivity contribution in [2.24, 2.45) is 7.05 Å². The third-order valence-electron chi connectivity index (χ3n) is 1.70. The van der Waals surface area contributed by atoms with Crippen molar-refractivity contribution in [3.63, 3.8) is 0 Å². The van der Waals surface area contributed by atoms with Crippen LogP contribution in [0.5, 0.6) is 0 Å². The molecule has 4 heteroatoms. The van der Waals surface area contributed by atoms with Crippen LogP contribution in [0.1, 0.15) is 12.5 Å². The molecule has 0 radical (unpaired) electrons. The van der Waals surface area contributed by atoms with Crippen molar-refractivity contribution in [3.8, 4) is 0 Å². The normalized spacial score (nSPS) is 10.2. The Morgan fingerprint density at radius 1 is 1.67 bits per heavy atom. The number of nitrogens with zero attached hydrogens (tertiary/aromatic N) is 1. The molecule has 1 heterocycles. The van der Waals surface area contributed by atoms with E-state index < -0.39 is 0 Å². The summed E-state index contributed by atoms with van der Waals surface area (Å²) in [5.41, 5.74) is 1.09. The van der Waals surface area contributed by atoms with Gasteiger partial charge >= 0.3 is 0 Å². The molecule has 1 aromatic rings. The molecule has 0 aromatic carbocycles. The summed E-state index contributed by atoms with van der Waals surface area (Å²) in [6.45, 7) is 2.04. The molecule has 0 fully saturated rings. The van der Waals surface area contributed by atoms with Gasteiger partial charge in [0.1, 0.15) is 0 Å². The minimum atomic E-state index is -0.0350. The zero-order chi connectivity index (χ0) is 9.14. The lowest BCUT2D eigenvalue weighted by Gasteiger charge is -2.03. The van der Waals surface area contributed by atoms with Crippen molar-refractivity contribution in [1.29, 1.82) is 0 Å². The van der Waals surface area contributed by atoms with E-state index in [1.807, 2.05) is 19.2 Å². The summed E-state index contributed by atoms with van der Waals surface area (Å²) in [4.78, 5) is 11.9. The van der Waals surface area contributed by atoms with E-state index in [0.717, 1.165) is 23.0 Å². The summed E-state index contributed by atoms with van der Waals surface area (Å²) in [6.07, 6.45) is 2.75. The maximum atomic E-state index is 11.3. The third kappa shape index (κ3) is 1.84. The molecule has 0 atom stereocenters. The minimum Gasteiger partial charge on any atom is -0.317 e. The summed E-state index contributed by atoms with van der Waals surface area (Å²) >= 11 is 0. The second-order valence-electron chi connectivity index (χ2n) is 2.56. The summed E-state index contributed by atoms with van der Waals surface area (Å²) in [5, 5.41) is 0. The molecular weight excluding hydrogens is 194 g/mol. The Morgan fingerprint density at radius 3 is 2.83 bits per heavy atom. The lowest BCUT2D eigenvalue weighted by molar-refractivity contribution is 0.814. The van der Waals surface area contributed by atoms with Crippen LogP contribution in [0.3, 0.4) is 0 Å². The molecule has 0 amide bonds. The van der Waals surface area contributed by atoms with Gasteiger partial charge in [0, 0.05) is 13.2 Å². The van der Waals surface area contributed by atoms with Crippen LogP contribution in [0.4, 0.5) is 0 Å². The van der Waals surface area contributed by atoms with E-state index in [2.05, 4.69) is 0 Å². The van der Waals surface area contributed by atoms with Crippen LogP contribution in [0, 0.1) is 0 Å². The van der Waals surface area contributed by atoms with Gasteiger partial charge in [-0.1, -0.05) is 6.92 Å². The summed E-state index contributed by atoms with van der Waals surface area (Å²) in [7, 11) is 8.25. The first-order chi connectivity index (χ1) is 5.69. The van der Waals surface area contributed by atoms with E-state index in [-0.39, 0.29) is 5.56 Å². The maximum Gasteiger partial charge on any atom is 0.265 e. The molecule has 1 aromatic heterocycles. The van der Waals surface area contributed by atoms with Crippen molar-refractivity contribution in [3.05, 3.63) is 28.2 Å². The highest BCUT2D eigenvalue weighted by Crippen LogP contribution is 2.18. The summed E-state index contributed by atoms with van der Waals surface area (Å²) in [5.74, 6) is 0. The Morgan fingerprint density at radius 2 is 2.33 bits per heavy atom. The number of hydrogen-bond donors (Lipinski definition) is 0. The van der Waals surface area contributed by atoms with Crippen LogP contribution in [0.2, 0.25) is 0 Å². The molecule has 0 saturated heterocycles. The van der Waals surface area contributed by atoms with E-state index in [9.17, 15) is 4.79 Å². The average molecular weight is 204 g/mol. The van der Waals surface area contributed by atoms with Gasteiger partial charge in [-0.15, -0.1) is 0 Å². The quantitative estimate of drug-likeness (QED) is 0.735. The Hall–Kier alpha value is -0.410. The summed E-state index contributed by atoms with van der Waals surface area (Å²) in [6, 6.07) is 1.83. The predicted molar refractivity (Wildman–Crippen MR) is 52.8 cm³/mol. The van der Waals surface area contributed by atoms with Crippen LogP contribution in [-0.4, -0.2) is 4.57 Å². The van der Waals surface area contributed by atoms with Gasteiger partial charge in [-0.25, -0.2) is 0 Å². The fourth-order valence-electron chi connectivity index (χ4n) is 0.997. The predicted octanol–water partition coefficient (Wildman–Crippen LogP) is 2.19. The minimum absolute atomic E-state index is 0.0350. The molecule has 0 aliphatic rings. The highest BCUT2D eigenvalue weighted by atomic mass is 35.7. The van der Waals surface area contributed by atoms with E-state index >= 15 is 0 Å². The van der Waals surface area contributed by atoms with Gasteiger partial charge in [-0.2, -0.15) is 0 Å². The smallest absolute Gasteiger partial charge is 0.265 e. The maximum absolute atomic E-state index is 11.3. The van der Waals surface area contributed by atoms with Gasteiger partial charge in [0.05, 0.1) is 4.90 Å². The highest BCUT2D eigenvalue weighted by molar-refractivity contribution is 8.21. The number of rotatable bonds is 2. The molecular formula is C8H10ClNOS. The molecule has 0 unspecified atom stereocenters. The van der Waals surface area contributed by atoms with E-state index in [1.165, 1.54) is 0 Å². The van der Waals surface area contributed by atoms with Gasteiger partial charge in [-0.05, 0) is 39.7 Å². The van der Waals surface area contributed by atoms with E-state index in [4.69, 9.17) is 10.7 Å². The van der Waals surface area contributed by atoms with Gasteiger partial charge in [0.2, 0.25) is 0 Å². The van der Waals surface area contributed by atoms with Crippen LogP contribution in [0.25, 0.3) is 0 Å². The molecule has 2 nitrogen and oxygen atoms in total. The van der Waals surface area contributed by atoms with Crippen LogP contribution in [-0.2, 0) is 13.5 Å². The fraction of sp³-hybridized carbons (Fsp3) is 0.375. The van der Waals surface area contributed by atoms with Crippen LogP contribution < -0.4 is 5.56 Å². The van der Waals surface area contributed by atoms with Crippen LogP contribution in [0.15, 0.2) is 22.0 Å². The molecule has 1 rings (SSSR count). The van der Waals surface area contributed by atoms with Crippen molar-refractivity contribution in [2.75, 3.05) is 0 Å². The van der Waals surface area contributed by atoms with Crippen molar-refractivity contribution in [2.45, 2.75) is 18.2 Å². The van der Waals surface area contributed by atoms with Gasteiger partial charge in [0.25, 0.3) is 5.56 Å². The Labute approximate surface area is 80.0 Å². The van der Waals surface area contributed by atoms with Gasteiger partial charge < -0.3 is 4.57 Å². The molecule has 0 spiro atoms. The lowest BCUT2D eigenvalue weighted by Crippen LogP contribution is -2.17. The van der Waals surface area contributed by atoms with Crippen molar-refractivity contribution >= 4 is 21.7 Å². The number of pyridine rings is 1. The van der Waals surface area contributed by atoms with Crippen LogP contribution >= 0.6 is 21.7 Å². The standard InChI is InChI=1S/C8H10ClNOS/c1-3-6-4-7(12-9)8(11)10(2)5-6/h4-5H,3H2,1-2H3. The second kappa shape index (κ2) is 4.01. The molecule has 0 aliphatic carbocycles. The van der Waals surface area contributed by atoms with E-state index in [0.29, 0.717) is 4.90 Å². The first-order valence-corrected chi connectivity index (χ1v) is 5.31. The molecule has 0 aliphatic heterocycles. The fourth-order valence-corrected chi connectivity index (χ4v) is 1.73. The average Bonchev–Trinajstić information content (AvgIpc) is 2.09. The molecule has 12 heavy (non-hydrogen) atoms. The van der Waals surface area contributed by atoms with Crippen molar-refractivity contribution < 1.29 is 0 Å². The number of halogens is 1. The zero-order valence-electron chi connectivity index (χ0n) is 7.00. The Kier molecular flexibility index (Phi) is 3.23. The first-order valence-electron chi connectivity index (χ1n) is 3.67. The molecule has 0 bridgehead atoms.